The van der Waals surface area contributed by atoms with Crippen molar-refractivity contribution in [3.8, 4) is 0 Å². The number of hydrogen-bond acceptors (Lipinski definition) is 4. The maximum absolute atomic E-state index is 11.8. The van der Waals surface area contributed by atoms with Gasteiger partial charge in [-0.05, 0) is 70.6 Å². The van der Waals surface area contributed by atoms with Gasteiger partial charge in [0, 0.05) is 6.04 Å². The van der Waals surface area contributed by atoms with Crippen LogP contribution in [0.3, 0.4) is 0 Å². The number of carbonyl (C=O) groups excluding carboxylic acids is 1. The number of carboxylic acid groups (broad SMARTS) is 1. The minimum Gasteiger partial charge on any atom is -0.480 e. The van der Waals surface area contributed by atoms with Gasteiger partial charge in [0.15, 0.2) is 0 Å². The number of rotatable bonds is 4. The lowest BCUT2D eigenvalue weighted by Crippen LogP contribution is -2.46. The van der Waals surface area contributed by atoms with Crippen molar-refractivity contribution in [1.82, 2.24) is 5.32 Å². The van der Waals surface area contributed by atoms with Crippen molar-refractivity contribution in [2.24, 2.45) is 17.1 Å². The van der Waals surface area contributed by atoms with Gasteiger partial charge in [-0.1, -0.05) is 0 Å². The summed E-state index contributed by atoms with van der Waals surface area (Å²) in [5.74, 6) is -0.540. The van der Waals surface area contributed by atoms with Crippen molar-refractivity contribution in [2.45, 2.75) is 77.0 Å². The predicted octanol–water partition coefficient (Wildman–Crippen LogP) is 2.26. The number of nitrogens with one attached hydrogen (secondary N) is 1. The number of aliphatic carboxylic acids is 1. The van der Waals surface area contributed by atoms with Crippen LogP contribution in [0.2, 0.25) is 0 Å². The zero-order valence-electron chi connectivity index (χ0n) is 13.7. The number of carbonyl (C=O) groups is 2. The Morgan fingerprint density at radius 1 is 1.23 bits per heavy atom. The Bertz CT molecular complexity index is 432. The summed E-state index contributed by atoms with van der Waals surface area (Å²) >= 11 is 0. The quantitative estimate of drug-likeness (QED) is 0.739. The van der Waals surface area contributed by atoms with Crippen LogP contribution in [0.5, 0.6) is 0 Å². The summed E-state index contributed by atoms with van der Waals surface area (Å²) in [6.45, 7) is 5.52. The van der Waals surface area contributed by atoms with Crippen LogP contribution in [-0.4, -0.2) is 34.9 Å². The summed E-state index contributed by atoms with van der Waals surface area (Å²) < 4.78 is 5.27. The van der Waals surface area contributed by atoms with Crippen LogP contribution in [0.15, 0.2) is 0 Å². The van der Waals surface area contributed by atoms with E-state index >= 15 is 0 Å². The second-order valence-electron chi connectivity index (χ2n) is 7.74. The standard InChI is InChI=1S/C16H28N2O4/c1-15(2,3)22-14(21)18-11-6-4-10(5-7-11)16(8-9-16)12(17)13(19)20/h10-12H,4-9,17H2,1-3H3,(H,18,21)(H,19,20). The van der Waals surface area contributed by atoms with E-state index < -0.39 is 17.6 Å². The Kier molecular flexibility index (Phi) is 4.70. The molecule has 0 aromatic rings. The first-order chi connectivity index (χ1) is 10.1. The fourth-order valence-electron chi connectivity index (χ4n) is 3.65. The van der Waals surface area contributed by atoms with E-state index in [1.165, 1.54) is 0 Å². The molecule has 0 heterocycles. The fraction of sp³-hybridized carbons (Fsp3) is 0.875. The van der Waals surface area contributed by atoms with E-state index in [1.54, 1.807) is 0 Å². The van der Waals surface area contributed by atoms with Gasteiger partial charge in [-0.15, -0.1) is 0 Å². The van der Waals surface area contributed by atoms with Gasteiger partial charge >= 0.3 is 12.1 Å². The lowest BCUT2D eigenvalue weighted by Gasteiger charge is -2.36. The van der Waals surface area contributed by atoms with Gasteiger partial charge in [-0.25, -0.2) is 4.79 Å². The second kappa shape index (κ2) is 6.07. The molecular weight excluding hydrogens is 284 g/mol. The number of carboxylic acids is 1. The Balaban J connectivity index is 1.81. The van der Waals surface area contributed by atoms with Crippen molar-refractivity contribution in [3.63, 3.8) is 0 Å². The molecule has 0 bridgehead atoms. The highest BCUT2D eigenvalue weighted by Crippen LogP contribution is 2.58. The average Bonchev–Trinajstić information content (AvgIpc) is 3.17. The van der Waals surface area contributed by atoms with Crippen LogP contribution in [0.1, 0.15) is 59.3 Å². The SMILES string of the molecule is CC(C)(C)OC(=O)NC1CCC(C2(C(N)C(=O)O)CC2)CC1. The first-order valence-electron chi connectivity index (χ1n) is 8.12. The Hall–Kier alpha value is -1.30. The molecule has 6 heteroatoms. The third-order valence-electron chi connectivity index (χ3n) is 4.97. The molecule has 2 fully saturated rings. The van der Waals surface area contributed by atoms with Crippen LogP contribution in [0, 0.1) is 11.3 Å². The molecular formula is C16H28N2O4. The molecule has 1 atom stereocenters. The first-order valence-corrected chi connectivity index (χ1v) is 8.12. The van der Waals surface area contributed by atoms with Gasteiger partial charge in [0.05, 0.1) is 0 Å². The summed E-state index contributed by atoms with van der Waals surface area (Å²) in [6, 6.07) is -0.643. The third-order valence-corrected chi connectivity index (χ3v) is 4.97. The Morgan fingerprint density at radius 3 is 2.18 bits per heavy atom. The summed E-state index contributed by atoms with van der Waals surface area (Å²) in [7, 11) is 0. The summed E-state index contributed by atoms with van der Waals surface area (Å²) in [5, 5.41) is 12.1. The van der Waals surface area contributed by atoms with Crippen molar-refractivity contribution >= 4 is 12.1 Å². The summed E-state index contributed by atoms with van der Waals surface area (Å²) in [4.78, 5) is 23.0. The van der Waals surface area contributed by atoms with E-state index in [2.05, 4.69) is 5.32 Å². The highest BCUT2D eigenvalue weighted by Gasteiger charge is 2.56. The fourth-order valence-corrected chi connectivity index (χ4v) is 3.65. The maximum Gasteiger partial charge on any atom is 0.407 e. The Labute approximate surface area is 131 Å². The first kappa shape index (κ1) is 17.1. The topological polar surface area (TPSA) is 102 Å². The van der Waals surface area contributed by atoms with Gasteiger partial charge in [0.1, 0.15) is 11.6 Å². The van der Waals surface area contributed by atoms with Crippen LogP contribution >= 0.6 is 0 Å². The van der Waals surface area contributed by atoms with Crippen LogP contribution in [0.4, 0.5) is 4.79 Å². The molecule has 126 valence electrons. The minimum atomic E-state index is -0.897. The normalized spacial score (nSPS) is 28.5. The number of alkyl carbamates (subject to hydrolysis) is 1. The molecule has 0 saturated heterocycles. The monoisotopic (exact) mass is 312 g/mol. The van der Waals surface area contributed by atoms with Crippen LogP contribution in [-0.2, 0) is 9.53 Å². The van der Waals surface area contributed by atoms with Crippen molar-refractivity contribution in [2.75, 3.05) is 0 Å². The Morgan fingerprint density at radius 2 is 1.77 bits per heavy atom. The van der Waals surface area contributed by atoms with E-state index in [0.717, 1.165) is 38.5 Å². The van der Waals surface area contributed by atoms with Crippen LogP contribution in [0.25, 0.3) is 0 Å². The van der Waals surface area contributed by atoms with Crippen molar-refractivity contribution in [3.05, 3.63) is 0 Å². The molecule has 2 rings (SSSR count). The largest absolute Gasteiger partial charge is 0.480 e. The van der Waals surface area contributed by atoms with Gasteiger partial charge < -0.3 is 20.9 Å². The molecule has 22 heavy (non-hydrogen) atoms. The molecule has 2 aliphatic carbocycles. The molecule has 1 amide bonds. The van der Waals surface area contributed by atoms with Gasteiger partial charge in [-0.3, -0.25) is 4.79 Å². The summed E-state index contributed by atoms with van der Waals surface area (Å²) in [6.07, 6.45) is 5.00. The molecule has 0 radical (unpaired) electrons. The van der Waals surface area contributed by atoms with E-state index in [-0.39, 0.29) is 17.6 Å². The molecule has 0 aliphatic heterocycles. The van der Waals surface area contributed by atoms with E-state index in [4.69, 9.17) is 15.6 Å². The molecule has 1 unspecified atom stereocenters. The van der Waals surface area contributed by atoms with Crippen molar-refractivity contribution in [1.29, 1.82) is 0 Å². The van der Waals surface area contributed by atoms with Crippen LogP contribution < -0.4 is 11.1 Å². The average molecular weight is 312 g/mol. The molecule has 6 nitrogen and oxygen atoms in total. The minimum absolute atomic E-state index is 0.114. The highest BCUT2D eigenvalue weighted by atomic mass is 16.6. The number of hydrogen-bond donors (Lipinski definition) is 3. The van der Waals surface area contributed by atoms with E-state index in [0.29, 0.717) is 5.92 Å². The highest BCUT2D eigenvalue weighted by molar-refractivity contribution is 5.75. The lowest BCUT2D eigenvalue weighted by molar-refractivity contribution is -0.141. The van der Waals surface area contributed by atoms with E-state index in [9.17, 15) is 9.59 Å². The second-order valence-corrected chi connectivity index (χ2v) is 7.74. The molecule has 0 aromatic carbocycles. The smallest absolute Gasteiger partial charge is 0.407 e. The van der Waals surface area contributed by atoms with E-state index in [1.807, 2.05) is 20.8 Å². The van der Waals surface area contributed by atoms with Gasteiger partial charge in [0.25, 0.3) is 0 Å². The zero-order valence-corrected chi connectivity index (χ0v) is 13.7. The van der Waals surface area contributed by atoms with Gasteiger partial charge in [0.2, 0.25) is 0 Å². The predicted molar refractivity (Wildman–Crippen MR) is 82.4 cm³/mol. The number of amides is 1. The van der Waals surface area contributed by atoms with Gasteiger partial charge in [-0.2, -0.15) is 0 Å². The molecule has 2 saturated carbocycles. The number of ether oxygens (including phenoxy) is 1. The lowest BCUT2D eigenvalue weighted by atomic mass is 9.73. The van der Waals surface area contributed by atoms with Crippen molar-refractivity contribution < 1.29 is 19.4 Å². The summed E-state index contributed by atoms with van der Waals surface area (Å²) in [5.41, 5.74) is 5.19. The molecule has 4 N–H and O–H groups in total. The zero-order chi connectivity index (χ0) is 16.5. The number of nitrogens with two attached hydrogens (primary N) is 1. The molecule has 2 aliphatic rings. The maximum atomic E-state index is 11.8. The third kappa shape index (κ3) is 3.91. The molecule has 0 aromatic heterocycles. The molecule has 0 spiro atoms.